The number of carbonyl (C=O) groups is 4. The van der Waals surface area contributed by atoms with Crippen LogP contribution in [0.4, 0.5) is 0 Å². The average molecular weight is 397 g/mol. The molecule has 0 radical (unpaired) electrons. The van der Waals surface area contributed by atoms with Crippen LogP contribution in [0.25, 0.3) is 0 Å². The second kappa shape index (κ2) is 8.10. The number of fused-ring (bicyclic) bond motifs is 1. The molecule has 2 heterocycles. The summed E-state index contributed by atoms with van der Waals surface area (Å²) < 4.78 is 4.89. The molecule has 1 atom stereocenters. The van der Waals surface area contributed by atoms with Gasteiger partial charge in [-0.1, -0.05) is 18.2 Å². The van der Waals surface area contributed by atoms with Gasteiger partial charge in [-0.05, 0) is 18.6 Å². The summed E-state index contributed by atoms with van der Waals surface area (Å²) in [5, 5.41) is 11.3. The lowest BCUT2D eigenvalue weighted by atomic mass is 9.98. The first-order chi connectivity index (χ1) is 13.4. The number of carbonyl (C=O) groups excluding carboxylic acids is 4. The van der Waals surface area contributed by atoms with Gasteiger partial charge in [0.15, 0.2) is 18.3 Å². The summed E-state index contributed by atoms with van der Waals surface area (Å²) in [6.07, 6.45) is 0.00796. The van der Waals surface area contributed by atoms with E-state index in [1.54, 1.807) is 36.6 Å². The number of Topliss-reactive ketones (excluding diaryl/α,β-unsaturated/α-hetero) is 1. The normalized spacial score (nSPS) is 14.2. The zero-order valence-electron chi connectivity index (χ0n) is 14.9. The van der Waals surface area contributed by atoms with Gasteiger partial charge in [0, 0.05) is 16.6 Å². The number of aryl methyl sites for hydroxylation is 1. The van der Waals surface area contributed by atoms with Gasteiger partial charge in [-0.2, -0.15) is 5.26 Å². The topological polar surface area (TPSA) is 117 Å². The fourth-order valence-electron chi connectivity index (χ4n) is 2.74. The quantitative estimate of drug-likeness (QED) is 0.534. The predicted molar refractivity (Wildman–Crippen MR) is 97.4 cm³/mol. The molecule has 1 aliphatic rings. The molecule has 142 valence electrons. The van der Waals surface area contributed by atoms with Crippen LogP contribution in [0.3, 0.4) is 0 Å². The van der Waals surface area contributed by atoms with Gasteiger partial charge in [0.05, 0.1) is 12.5 Å². The monoisotopic (exact) mass is 397 g/mol. The molecule has 2 amide bonds. The highest BCUT2D eigenvalue weighted by atomic mass is 32.1. The SMILES string of the molecule is Cc1csc([C@@H](C#N)C(=O)COC(=O)CN2C(=O)Cc3ccccc3C2=O)n1. The van der Waals surface area contributed by atoms with E-state index in [0.717, 1.165) is 4.90 Å². The Morgan fingerprint density at radius 3 is 2.79 bits per heavy atom. The second-order valence-electron chi connectivity index (χ2n) is 6.14. The van der Waals surface area contributed by atoms with E-state index in [1.807, 2.05) is 6.07 Å². The van der Waals surface area contributed by atoms with Gasteiger partial charge in [-0.15, -0.1) is 11.3 Å². The minimum Gasteiger partial charge on any atom is -0.456 e. The number of aromatic nitrogens is 1. The molecular formula is C19H15N3O5S. The highest BCUT2D eigenvalue weighted by molar-refractivity contribution is 7.09. The van der Waals surface area contributed by atoms with Gasteiger partial charge >= 0.3 is 5.97 Å². The first-order valence-corrected chi connectivity index (χ1v) is 9.21. The van der Waals surface area contributed by atoms with E-state index >= 15 is 0 Å². The summed E-state index contributed by atoms with van der Waals surface area (Å²) in [5.74, 6) is -3.74. The molecule has 0 saturated carbocycles. The van der Waals surface area contributed by atoms with Crippen molar-refractivity contribution in [1.29, 1.82) is 5.26 Å². The number of thiazole rings is 1. The number of ketones is 1. The van der Waals surface area contributed by atoms with Crippen LogP contribution in [0.5, 0.6) is 0 Å². The minimum absolute atomic E-state index is 0.00796. The van der Waals surface area contributed by atoms with Crippen LogP contribution in [0.1, 0.15) is 32.5 Å². The fourth-order valence-corrected chi connectivity index (χ4v) is 3.60. The average Bonchev–Trinajstić information content (AvgIpc) is 3.10. The number of hydrogen-bond acceptors (Lipinski definition) is 8. The third-order valence-electron chi connectivity index (χ3n) is 4.13. The van der Waals surface area contributed by atoms with Crippen molar-refractivity contribution >= 4 is 34.9 Å². The molecule has 0 N–H and O–H groups in total. The van der Waals surface area contributed by atoms with Crippen LogP contribution >= 0.6 is 11.3 Å². The molecule has 2 aromatic rings. The lowest BCUT2D eigenvalue weighted by molar-refractivity contribution is -0.150. The highest BCUT2D eigenvalue weighted by Crippen LogP contribution is 2.21. The van der Waals surface area contributed by atoms with Gasteiger partial charge in [0.2, 0.25) is 5.91 Å². The van der Waals surface area contributed by atoms with E-state index in [1.165, 1.54) is 11.3 Å². The summed E-state index contributed by atoms with van der Waals surface area (Å²) in [4.78, 5) is 53.7. The molecule has 0 unspecified atom stereocenters. The molecular weight excluding hydrogens is 382 g/mol. The first-order valence-electron chi connectivity index (χ1n) is 8.33. The van der Waals surface area contributed by atoms with Crippen LogP contribution in [0.2, 0.25) is 0 Å². The number of ether oxygens (including phenoxy) is 1. The lowest BCUT2D eigenvalue weighted by Gasteiger charge is -2.25. The van der Waals surface area contributed by atoms with E-state index in [0.29, 0.717) is 21.8 Å². The summed E-state index contributed by atoms with van der Waals surface area (Å²) >= 11 is 1.17. The van der Waals surface area contributed by atoms with E-state index in [9.17, 15) is 24.4 Å². The molecule has 8 nitrogen and oxygen atoms in total. The molecule has 28 heavy (non-hydrogen) atoms. The highest BCUT2D eigenvalue weighted by Gasteiger charge is 2.33. The number of benzene rings is 1. The first kappa shape index (κ1) is 19.4. The van der Waals surface area contributed by atoms with E-state index in [2.05, 4.69) is 4.98 Å². The van der Waals surface area contributed by atoms with Crippen molar-refractivity contribution in [3.8, 4) is 6.07 Å². The van der Waals surface area contributed by atoms with Crippen molar-refractivity contribution in [2.75, 3.05) is 13.2 Å². The summed E-state index contributed by atoms with van der Waals surface area (Å²) in [6, 6.07) is 8.51. The van der Waals surface area contributed by atoms with Crippen LogP contribution < -0.4 is 0 Å². The molecule has 0 aliphatic carbocycles. The van der Waals surface area contributed by atoms with Crippen LogP contribution in [0, 0.1) is 18.3 Å². The summed E-state index contributed by atoms with van der Waals surface area (Å²) in [7, 11) is 0. The standard InChI is InChI=1S/C19H15N3O5S/c1-11-10-28-18(21-11)14(7-20)15(23)9-27-17(25)8-22-16(24)6-12-4-2-3-5-13(12)19(22)26/h2-5,10,14H,6,8-9H2,1H3/t14-/m0/s1. The number of nitrogens with zero attached hydrogens (tertiary/aromatic N) is 3. The number of imide groups is 1. The van der Waals surface area contributed by atoms with Crippen molar-refractivity contribution < 1.29 is 23.9 Å². The molecule has 0 spiro atoms. The Labute approximate surface area is 164 Å². The van der Waals surface area contributed by atoms with E-state index < -0.39 is 42.6 Å². The molecule has 1 aromatic heterocycles. The van der Waals surface area contributed by atoms with Crippen LogP contribution in [0.15, 0.2) is 29.6 Å². The van der Waals surface area contributed by atoms with Crippen molar-refractivity contribution in [1.82, 2.24) is 9.88 Å². The van der Waals surface area contributed by atoms with Gasteiger partial charge < -0.3 is 4.74 Å². The smallest absolute Gasteiger partial charge is 0.326 e. The fraction of sp³-hybridized carbons (Fsp3) is 0.263. The number of nitriles is 1. The summed E-state index contributed by atoms with van der Waals surface area (Å²) in [5.41, 5.74) is 1.65. The van der Waals surface area contributed by atoms with Crippen molar-refractivity contribution in [3.05, 3.63) is 51.5 Å². The second-order valence-corrected chi connectivity index (χ2v) is 7.02. The maximum atomic E-state index is 12.4. The van der Waals surface area contributed by atoms with E-state index in [4.69, 9.17) is 4.74 Å². The molecule has 1 aromatic carbocycles. The van der Waals surface area contributed by atoms with Crippen molar-refractivity contribution in [2.45, 2.75) is 19.3 Å². The Hall–Kier alpha value is -3.38. The zero-order chi connectivity index (χ0) is 20.3. The lowest BCUT2D eigenvalue weighted by Crippen LogP contribution is -2.45. The minimum atomic E-state index is -1.13. The van der Waals surface area contributed by atoms with Crippen molar-refractivity contribution in [3.63, 3.8) is 0 Å². The van der Waals surface area contributed by atoms with Crippen LogP contribution in [-0.4, -0.2) is 46.6 Å². The Balaban J connectivity index is 1.60. The molecule has 0 bridgehead atoms. The van der Waals surface area contributed by atoms with Gasteiger partial charge in [-0.3, -0.25) is 24.1 Å². The number of amides is 2. The largest absolute Gasteiger partial charge is 0.456 e. The third kappa shape index (κ3) is 3.97. The Morgan fingerprint density at radius 2 is 2.11 bits per heavy atom. The summed E-state index contributed by atoms with van der Waals surface area (Å²) in [6.45, 7) is 0.513. The molecule has 0 fully saturated rings. The zero-order valence-corrected chi connectivity index (χ0v) is 15.7. The molecule has 0 saturated heterocycles. The Morgan fingerprint density at radius 1 is 1.36 bits per heavy atom. The molecule has 3 rings (SSSR count). The van der Waals surface area contributed by atoms with Gasteiger partial charge in [0.1, 0.15) is 11.6 Å². The maximum Gasteiger partial charge on any atom is 0.326 e. The Bertz CT molecular complexity index is 1010. The van der Waals surface area contributed by atoms with Crippen molar-refractivity contribution in [2.24, 2.45) is 0 Å². The molecule has 9 heteroatoms. The molecule has 1 aliphatic heterocycles. The number of rotatable bonds is 6. The van der Waals surface area contributed by atoms with E-state index in [-0.39, 0.29) is 6.42 Å². The number of esters is 1. The van der Waals surface area contributed by atoms with Crippen LogP contribution in [-0.2, 0) is 25.5 Å². The third-order valence-corrected chi connectivity index (χ3v) is 5.16. The van der Waals surface area contributed by atoms with Gasteiger partial charge in [-0.25, -0.2) is 4.98 Å². The van der Waals surface area contributed by atoms with Gasteiger partial charge in [0.25, 0.3) is 5.91 Å². The number of hydrogen-bond donors (Lipinski definition) is 0. The Kier molecular flexibility index (Phi) is 5.61. The predicted octanol–water partition coefficient (Wildman–Crippen LogP) is 1.40. The maximum absolute atomic E-state index is 12.4.